The third-order valence-corrected chi connectivity index (χ3v) is 3.73. The maximum atomic E-state index is 12.9. The van der Waals surface area contributed by atoms with Gasteiger partial charge in [0.15, 0.2) is 6.61 Å². The number of likely N-dealkylation sites (N-methyl/N-ethyl adjacent to an activating group) is 1. The Hall–Kier alpha value is -3.73. The Morgan fingerprint density at radius 3 is 2.36 bits per heavy atom. The first-order chi connectivity index (χ1) is 13.4. The van der Waals surface area contributed by atoms with Crippen LogP contribution in [0.25, 0.3) is 0 Å². The Bertz CT molecular complexity index is 889. The number of anilines is 1. The number of nitrogens with one attached hydrogen (secondary N) is 1. The van der Waals surface area contributed by atoms with Crippen molar-refractivity contribution in [3.63, 3.8) is 0 Å². The van der Waals surface area contributed by atoms with E-state index in [-0.39, 0.29) is 24.3 Å². The summed E-state index contributed by atoms with van der Waals surface area (Å²) in [6.07, 6.45) is -0.267. The van der Waals surface area contributed by atoms with Gasteiger partial charge in [-0.05, 0) is 42.0 Å². The molecular weight excluding hydrogens is 365 g/mol. The van der Waals surface area contributed by atoms with E-state index in [4.69, 9.17) is 10.00 Å². The lowest BCUT2D eigenvalue weighted by molar-refractivity contribution is -0.133. The van der Waals surface area contributed by atoms with Crippen molar-refractivity contribution in [2.75, 3.05) is 19.0 Å². The van der Waals surface area contributed by atoms with Gasteiger partial charge in [-0.25, -0.2) is 9.18 Å². The van der Waals surface area contributed by atoms with Crippen molar-refractivity contribution in [2.24, 2.45) is 0 Å². The maximum absolute atomic E-state index is 12.9. The first kappa shape index (κ1) is 20.6. The third kappa shape index (κ3) is 6.21. The topological polar surface area (TPSA) is 99.5 Å². The van der Waals surface area contributed by atoms with Gasteiger partial charge in [-0.1, -0.05) is 12.1 Å². The first-order valence-electron chi connectivity index (χ1n) is 8.31. The molecule has 0 atom stereocenters. The van der Waals surface area contributed by atoms with Crippen molar-refractivity contribution in [2.45, 2.75) is 13.0 Å². The van der Waals surface area contributed by atoms with E-state index in [0.29, 0.717) is 5.69 Å². The van der Waals surface area contributed by atoms with Crippen LogP contribution in [0.2, 0.25) is 0 Å². The smallest absolute Gasteiger partial charge is 0.338 e. The van der Waals surface area contributed by atoms with E-state index in [0.717, 1.165) is 5.56 Å². The van der Waals surface area contributed by atoms with E-state index in [2.05, 4.69) is 5.32 Å². The summed E-state index contributed by atoms with van der Waals surface area (Å²) in [5.41, 5.74) is 1.40. The lowest BCUT2D eigenvalue weighted by Crippen LogP contribution is -2.30. The molecule has 0 spiro atoms. The number of nitriles is 1. The predicted molar refractivity (Wildman–Crippen MR) is 98.5 cm³/mol. The molecule has 144 valence electrons. The van der Waals surface area contributed by atoms with E-state index < -0.39 is 24.4 Å². The molecule has 8 heteroatoms. The zero-order valence-electron chi connectivity index (χ0n) is 15.1. The fraction of sp³-hybridized carbons (Fsp3) is 0.200. The minimum Gasteiger partial charge on any atom is -0.452 e. The molecule has 7 nitrogen and oxygen atoms in total. The minimum atomic E-state index is -0.682. The highest BCUT2D eigenvalue weighted by molar-refractivity contribution is 5.94. The van der Waals surface area contributed by atoms with Crippen molar-refractivity contribution in [3.8, 4) is 6.07 Å². The molecule has 0 bridgehead atoms. The van der Waals surface area contributed by atoms with Crippen molar-refractivity contribution in [1.29, 1.82) is 5.26 Å². The molecule has 0 aromatic heterocycles. The molecule has 0 unspecified atom stereocenters. The number of nitrogens with zero attached hydrogens (tertiary/aromatic N) is 2. The lowest BCUT2D eigenvalue weighted by Gasteiger charge is -2.17. The second-order valence-corrected chi connectivity index (χ2v) is 5.91. The number of halogens is 1. The number of hydrogen-bond acceptors (Lipinski definition) is 5. The molecule has 1 N–H and O–H groups in total. The number of carbonyl (C=O) groups excluding carboxylic acids is 3. The summed E-state index contributed by atoms with van der Waals surface area (Å²) < 4.78 is 17.9. The highest BCUT2D eigenvalue weighted by Gasteiger charge is 2.14. The van der Waals surface area contributed by atoms with Gasteiger partial charge < -0.3 is 15.0 Å². The summed E-state index contributed by atoms with van der Waals surface area (Å²) in [6, 6.07) is 13.4. The molecule has 0 aliphatic rings. The Morgan fingerprint density at radius 1 is 1.11 bits per heavy atom. The van der Waals surface area contributed by atoms with Crippen LogP contribution in [0.15, 0.2) is 48.5 Å². The van der Waals surface area contributed by atoms with Crippen LogP contribution in [-0.2, 0) is 20.9 Å². The number of amides is 2. The highest BCUT2D eigenvalue weighted by Crippen LogP contribution is 2.11. The molecule has 2 aromatic carbocycles. The van der Waals surface area contributed by atoms with E-state index in [1.807, 2.05) is 0 Å². The second-order valence-electron chi connectivity index (χ2n) is 5.91. The largest absolute Gasteiger partial charge is 0.452 e. The highest BCUT2D eigenvalue weighted by atomic mass is 19.1. The molecule has 2 rings (SSSR count). The molecule has 2 aromatic rings. The van der Waals surface area contributed by atoms with Gasteiger partial charge in [0.05, 0.1) is 11.6 Å². The molecule has 0 saturated carbocycles. The summed E-state index contributed by atoms with van der Waals surface area (Å²) in [5.74, 6) is -1.90. The Morgan fingerprint density at radius 2 is 1.75 bits per heavy atom. The lowest BCUT2D eigenvalue weighted by atomic mass is 10.2. The Kier molecular flexibility index (Phi) is 7.22. The van der Waals surface area contributed by atoms with E-state index in [1.54, 1.807) is 25.2 Å². The van der Waals surface area contributed by atoms with Crippen molar-refractivity contribution in [1.82, 2.24) is 4.90 Å². The summed E-state index contributed by atoms with van der Waals surface area (Å²) in [7, 11) is 1.55. The third-order valence-electron chi connectivity index (χ3n) is 3.73. The van der Waals surface area contributed by atoms with Crippen molar-refractivity contribution < 1.29 is 23.5 Å². The van der Waals surface area contributed by atoms with E-state index in [1.165, 1.54) is 41.3 Å². The minimum absolute atomic E-state index is 0.215. The number of rotatable bonds is 7. The zero-order valence-corrected chi connectivity index (χ0v) is 15.1. The predicted octanol–water partition coefficient (Wildman–Crippen LogP) is 2.49. The number of esters is 1. The van der Waals surface area contributed by atoms with Gasteiger partial charge in [0.2, 0.25) is 5.91 Å². The quantitative estimate of drug-likeness (QED) is 0.741. The first-order valence-corrected chi connectivity index (χ1v) is 8.31. The van der Waals surface area contributed by atoms with Crippen LogP contribution in [0.4, 0.5) is 10.1 Å². The molecule has 0 aliphatic carbocycles. The van der Waals surface area contributed by atoms with Gasteiger partial charge in [0, 0.05) is 19.3 Å². The monoisotopic (exact) mass is 383 g/mol. The molecule has 0 saturated heterocycles. The van der Waals surface area contributed by atoms with Gasteiger partial charge in [-0.15, -0.1) is 0 Å². The molecule has 2 amide bonds. The standard InChI is InChI=1S/C20H18FN3O4/c1-24(12-14-2-6-16(21)7-3-14)19(26)13-28-20(27)15-4-8-17(9-5-15)23-18(25)10-11-22/h2-9H,10,12-13H2,1H3,(H,23,25). The average Bonchev–Trinajstić information content (AvgIpc) is 2.68. The van der Waals surface area contributed by atoms with Gasteiger partial charge in [0.1, 0.15) is 12.2 Å². The van der Waals surface area contributed by atoms with Crippen molar-refractivity contribution in [3.05, 3.63) is 65.5 Å². The number of hydrogen-bond donors (Lipinski definition) is 1. The molecule has 0 heterocycles. The fourth-order valence-electron chi connectivity index (χ4n) is 2.24. The van der Waals surface area contributed by atoms with Crippen LogP contribution in [-0.4, -0.2) is 36.3 Å². The normalized spacial score (nSPS) is 9.89. The maximum Gasteiger partial charge on any atom is 0.338 e. The Balaban J connectivity index is 1.83. The number of carbonyl (C=O) groups is 3. The van der Waals surface area contributed by atoms with Gasteiger partial charge >= 0.3 is 5.97 Å². The van der Waals surface area contributed by atoms with Gasteiger partial charge in [-0.2, -0.15) is 5.26 Å². The van der Waals surface area contributed by atoms with E-state index >= 15 is 0 Å². The van der Waals surface area contributed by atoms with Gasteiger partial charge in [0.25, 0.3) is 5.91 Å². The van der Waals surface area contributed by atoms with Crippen LogP contribution in [0.1, 0.15) is 22.3 Å². The molecular formula is C20H18FN3O4. The second kappa shape index (κ2) is 9.83. The average molecular weight is 383 g/mol. The SMILES string of the molecule is CN(Cc1ccc(F)cc1)C(=O)COC(=O)c1ccc(NC(=O)CC#N)cc1. The van der Waals surface area contributed by atoms with Crippen molar-refractivity contribution >= 4 is 23.5 Å². The summed E-state index contributed by atoms with van der Waals surface area (Å²) >= 11 is 0. The summed E-state index contributed by atoms with van der Waals surface area (Å²) in [6.45, 7) is -0.176. The number of benzene rings is 2. The van der Waals surface area contributed by atoms with Crippen LogP contribution < -0.4 is 5.32 Å². The summed E-state index contributed by atoms with van der Waals surface area (Å²) in [5, 5.41) is 11.0. The van der Waals surface area contributed by atoms with Crippen LogP contribution >= 0.6 is 0 Å². The molecule has 0 radical (unpaired) electrons. The van der Waals surface area contributed by atoms with Crippen LogP contribution in [0.3, 0.4) is 0 Å². The zero-order chi connectivity index (χ0) is 20.5. The van der Waals surface area contributed by atoms with Crippen LogP contribution in [0.5, 0.6) is 0 Å². The Labute approximate surface area is 161 Å². The van der Waals surface area contributed by atoms with Crippen LogP contribution in [0, 0.1) is 17.1 Å². The summed E-state index contributed by atoms with van der Waals surface area (Å²) in [4.78, 5) is 36.8. The number of ether oxygens (including phenoxy) is 1. The van der Waals surface area contributed by atoms with Gasteiger partial charge in [-0.3, -0.25) is 9.59 Å². The molecule has 0 aliphatic heterocycles. The van der Waals surface area contributed by atoms with E-state index in [9.17, 15) is 18.8 Å². The molecule has 0 fully saturated rings. The molecule has 28 heavy (non-hydrogen) atoms. The fourth-order valence-corrected chi connectivity index (χ4v) is 2.24.